The molecule has 0 aliphatic carbocycles. The Labute approximate surface area is 72.6 Å². The largest absolute Gasteiger partial charge is 0.345 e. The Bertz CT molecular complexity index is 248. The molecule has 1 unspecified atom stereocenters. The van der Waals surface area contributed by atoms with E-state index >= 15 is 0 Å². The van der Waals surface area contributed by atoms with Crippen molar-refractivity contribution in [2.75, 3.05) is 6.54 Å². The molecule has 1 saturated heterocycles. The number of imidazole rings is 1. The molecule has 0 aromatic carbocycles. The normalized spacial score (nSPS) is 23.2. The van der Waals surface area contributed by atoms with Gasteiger partial charge in [-0.05, 0) is 25.8 Å². The minimum absolute atomic E-state index is 0.477. The molecule has 2 heterocycles. The molecular formula is C9H15N3. The summed E-state index contributed by atoms with van der Waals surface area (Å²) in [4.78, 5) is 7.68. The Morgan fingerprint density at radius 2 is 2.58 bits per heavy atom. The third-order valence-electron chi connectivity index (χ3n) is 2.42. The minimum Gasteiger partial charge on any atom is -0.345 e. The van der Waals surface area contributed by atoms with E-state index in [9.17, 15) is 0 Å². The van der Waals surface area contributed by atoms with Crippen molar-refractivity contribution in [1.82, 2.24) is 15.3 Å². The molecule has 0 radical (unpaired) electrons. The maximum absolute atomic E-state index is 4.35. The van der Waals surface area contributed by atoms with E-state index in [1.54, 1.807) is 0 Å². The van der Waals surface area contributed by atoms with E-state index < -0.39 is 0 Å². The lowest BCUT2D eigenvalue weighted by Gasteiger charge is -2.04. The van der Waals surface area contributed by atoms with E-state index in [-0.39, 0.29) is 0 Å². The van der Waals surface area contributed by atoms with Gasteiger partial charge in [-0.3, -0.25) is 0 Å². The maximum Gasteiger partial charge on any atom is 0.123 e. The smallest absolute Gasteiger partial charge is 0.123 e. The first kappa shape index (κ1) is 7.80. The summed E-state index contributed by atoms with van der Waals surface area (Å²) in [5, 5.41) is 3.42. The Morgan fingerprint density at radius 1 is 1.67 bits per heavy atom. The van der Waals surface area contributed by atoms with E-state index in [0.29, 0.717) is 6.04 Å². The summed E-state index contributed by atoms with van der Waals surface area (Å²) in [6.07, 6.45) is 5.47. The van der Waals surface area contributed by atoms with Crippen molar-refractivity contribution in [1.29, 1.82) is 0 Å². The molecule has 1 aromatic rings. The first-order valence-electron chi connectivity index (χ1n) is 4.67. The average Bonchev–Trinajstić information content (AvgIpc) is 2.75. The molecule has 3 heteroatoms. The number of aromatic nitrogens is 2. The summed E-state index contributed by atoms with van der Waals surface area (Å²) in [5.41, 5.74) is 1.23. The summed E-state index contributed by atoms with van der Waals surface area (Å²) in [7, 11) is 0. The topological polar surface area (TPSA) is 40.7 Å². The number of H-pyrrole nitrogens is 1. The second-order valence-corrected chi connectivity index (χ2v) is 3.30. The lowest BCUT2D eigenvalue weighted by molar-refractivity contribution is 0.611. The van der Waals surface area contributed by atoms with Gasteiger partial charge in [0.2, 0.25) is 0 Å². The molecule has 3 nitrogen and oxygen atoms in total. The highest BCUT2D eigenvalue weighted by atomic mass is 15.0. The van der Waals surface area contributed by atoms with Crippen LogP contribution in [0.15, 0.2) is 6.20 Å². The van der Waals surface area contributed by atoms with Crippen molar-refractivity contribution >= 4 is 0 Å². The Kier molecular flexibility index (Phi) is 2.13. The molecule has 2 rings (SSSR count). The summed E-state index contributed by atoms with van der Waals surface area (Å²) < 4.78 is 0. The zero-order valence-corrected chi connectivity index (χ0v) is 7.43. The molecule has 2 N–H and O–H groups in total. The highest BCUT2D eigenvalue weighted by Crippen LogP contribution is 2.19. The van der Waals surface area contributed by atoms with Gasteiger partial charge in [0.1, 0.15) is 5.82 Å². The molecule has 12 heavy (non-hydrogen) atoms. The second-order valence-electron chi connectivity index (χ2n) is 3.30. The van der Waals surface area contributed by atoms with Gasteiger partial charge >= 0.3 is 0 Å². The number of nitrogens with zero attached hydrogens (tertiary/aromatic N) is 1. The fourth-order valence-corrected chi connectivity index (χ4v) is 1.65. The predicted octanol–water partition coefficient (Wildman–Crippen LogP) is 1.40. The molecule has 1 atom stereocenters. The third-order valence-corrected chi connectivity index (χ3v) is 2.42. The maximum atomic E-state index is 4.35. The van der Waals surface area contributed by atoms with E-state index in [1.807, 2.05) is 6.20 Å². The highest BCUT2D eigenvalue weighted by Gasteiger charge is 2.18. The molecule has 0 spiro atoms. The number of nitrogens with one attached hydrogen (secondary N) is 2. The van der Waals surface area contributed by atoms with Crippen molar-refractivity contribution in [3.63, 3.8) is 0 Å². The second kappa shape index (κ2) is 3.27. The van der Waals surface area contributed by atoms with E-state index in [0.717, 1.165) is 18.8 Å². The fourth-order valence-electron chi connectivity index (χ4n) is 1.65. The quantitative estimate of drug-likeness (QED) is 0.695. The van der Waals surface area contributed by atoms with Gasteiger partial charge in [-0.1, -0.05) is 6.92 Å². The molecule has 1 aliphatic heterocycles. The van der Waals surface area contributed by atoms with Gasteiger partial charge in [-0.15, -0.1) is 0 Å². The first-order chi connectivity index (χ1) is 5.90. The van der Waals surface area contributed by atoms with Crippen molar-refractivity contribution in [3.05, 3.63) is 17.7 Å². The van der Waals surface area contributed by atoms with Crippen molar-refractivity contribution < 1.29 is 0 Å². The first-order valence-corrected chi connectivity index (χ1v) is 4.67. The van der Waals surface area contributed by atoms with E-state index in [2.05, 4.69) is 22.2 Å². The predicted molar refractivity (Wildman–Crippen MR) is 47.9 cm³/mol. The molecule has 1 aromatic heterocycles. The summed E-state index contributed by atoms with van der Waals surface area (Å²) in [5.74, 6) is 1.12. The van der Waals surface area contributed by atoms with E-state index in [1.165, 1.54) is 18.5 Å². The number of hydrogen-bond acceptors (Lipinski definition) is 2. The monoisotopic (exact) mass is 165 g/mol. The van der Waals surface area contributed by atoms with Gasteiger partial charge in [0.05, 0.1) is 6.04 Å². The molecule has 0 bridgehead atoms. The van der Waals surface area contributed by atoms with Gasteiger partial charge in [0, 0.05) is 11.9 Å². The van der Waals surface area contributed by atoms with Gasteiger partial charge in [-0.25, -0.2) is 4.98 Å². The Morgan fingerprint density at radius 3 is 3.17 bits per heavy atom. The minimum atomic E-state index is 0.477. The lowest BCUT2D eigenvalue weighted by atomic mass is 10.2. The van der Waals surface area contributed by atoms with Crippen molar-refractivity contribution in [3.8, 4) is 0 Å². The van der Waals surface area contributed by atoms with Crippen LogP contribution < -0.4 is 5.32 Å². The fraction of sp³-hybridized carbons (Fsp3) is 0.667. The Hall–Kier alpha value is -0.830. The van der Waals surface area contributed by atoms with Crippen LogP contribution in [0.2, 0.25) is 0 Å². The molecule has 66 valence electrons. The third kappa shape index (κ3) is 1.37. The molecule has 0 saturated carbocycles. The van der Waals surface area contributed by atoms with Crippen LogP contribution in [-0.2, 0) is 6.42 Å². The van der Waals surface area contributed by atoms with Crippen LogP contribution in [0.25, 0.3) is 0 Å². The molecular weight excluding hydrogens is 150 g/mol. The van der Waals surface area contributed by atoms with Gasteiger partial charge < -0.3 is 10.3 Å². The summed E-state index contributed by atoms with van der Waals surface area (Å²) in [6.45, 7) is 3.27. The molecule has 0 amide bonds. The average molecular weight is 165 g/mol. The number of aromatic amines is 1. The number of rotatable bonds is 2. The number of hydrogen-bond donors (Lipinski definition) is 2. The lowest BCUT2D eigenvalue weighted by Crippen LogP contribution is -2.14. The van der Waals surface area contributed by atoms with Gasteiger partial charge in [-0.2, -0.15) is 0 Å². The van der Waals surface area contributed by atoms with Crippen LogP contribution >= 0.6 is 0 Å². The summed E-state index contributed by atoms with van der Waals surface area (Å²) in [6, 6.07) is 0.477. The van der Waals surface area contributed by atoms with Crippen molar-refractivity contribution in [2.24, 2.45) is 0 Å². The van der Waals surface area contributed by atoms with Crippen LogP contribution in [0.1, 0.15) is 37.3 Å². The van der Waals surface area contributed by atoms with Crippen LogP contribution in [0.3, 0.4) is 0 Å². The highest BCUT2D eigenvalue weighted by molar-refractivity contribution is 5.05. The Balaban J connectivity index is 2.11. The molecule has 1 aliphatic rings. The van der Waals surface area contributed by atoms with Crippen molar-refractivity contribution in [2.45, 2.75) is 32.2 Å². The zero-order chi connectivity index (χ0) is 8.39. The standard InChI is InChI=1S/C9H15N3/c1-2-7-6-11-9(12-7)8-4-3-5-10-8/h6,8,10H,2-5H2,1H3,(H,11,12). The zero-order valence-electron chi connectivity index (χ0n) is 7.43. The van der Waals surface area contributed by atoms with Crippen LogP contribution in [0, 0.1) is 0 Å². The van der Waals surface area contributed by atoms with E-state index in [4.69, 9.17) is 0 Å². The van der Waals surface area contributed by atoms with Crippen LogP contribution in [0.5, 0.6) is 0 Å². The molecule has 1 fully saturated rings. The SMILES string of the molecule is CCc1cnc(C2CCCN2)[nH]1. The number of aryl methyl sites for hydroxylation is 1. The van der Waals surface area contributed by atoms with Crippen LogP contribution in [-0.4, -0.2) is 16.5 Å². The summed E-state index contributed by atoms with van der Waals surface area (Å²) >= 11 is 0. The van der Waals surface area contributed by atoms with Gasteiger partial charge in [0.25, 0.3) is 0 Å². The van der Waals surface area contributed by atoms with Gasteiger partial charge in [0.15, 0.2) is 0 Å². The van der Waals surface area contributed by atoms with Crippen LogP contribution in [0.4, 0.5) is 0 Å².